The van der Waals surface area contributed by atoms with E-state index in [0.717, 1.165) is 19.6 Å². The van der Waals surface area contributed by atoms with Gasteiger partial charge < -0.3 is 5.73 Å². The summed E-state index contributed by atoms with van der Waals surface area (Å²) in [7, 11) is 0. The first kappa shape index (κ1) is 13.0. The Morgan fingerprint density at radius 2 is 2.00 bits per heavy atom. The van der Waals surface area contributed by atoms with Crippen molar-refractivity contribution in [1.29, 1.82) is 0 Å². The molecule has 1 aromatic heterocycles. The molecule has 1 atom stereocenters. The van der Waals surface area contributed by atoms with Gasteiger partial charge in [0.2, 0.25) is 0 Å². The van der Waals surface area contributed by atoms with Gasteiger partial charge in [-0.25, -0.2) is 0 Å². The molecule has 0 aromatic carbocycles. The molecule has 4 heteroatoms. The van der Waals surface area contributed by atoms with Gasteiger partial charge in [-0.1, -0.05) is 6.07 Å². The zero-order valence-electron chi connectivity index (χ0n) is 10.8. The molecule has 0 bridgehead atoms. The first-order chi connectivity index (χ1) is 8.16. The van der Waals surface area contributed by atoms with Gasteiger partial charge in [0.1, 0.15) is 0 Å². The number of nitrogens with zero attached hydrogens (tertiary/aromatic N) is 2. The van der Waals surface area contributed by atoms with Gasteiger partial charge in [0.25, 0.3) is 0 Å². The Bertz CT molecular complexity index is 315. The summed E-state index contributed by atoms with van der Waals surface area (Å²) in [6.45, 7) is 10.2. The lowest BCUT2D eigenvalue weighted by Crippen LogP contribution is -2.50. The summed E-state index contributed by atoms with van der Waals surface area (Å²) in [4.78, 5) is 6.33. The minimum Gasteiger partial charge on any atom is -0.322 e. The highest BCUT2D eigenvalue weighted by atomic mass is 32.1. The molecule has 1 unspecified atom stereocenters. The molecule has 0 amide bonds. The number of nitrogens with two attached hydrogens (primary N) is 1. The molecule has 1 aliphatic rings. The summed E-state index contributed by atoms with van der Waals surface area (Å²) in [5, 5.41) is 2.10. The molecule has 1 aromatic rings. The van der Waals surface area contributed by atoms with Crippen LogP contribution in [0.5, 0.6) is 0 Å². The predicted octanol–water partition coefficient (Wildman–Crippen LogP) is 1.77. The fraction of sp³-hybridized carbons (Fsp3) is 0.692. The zero-order chi connectivity index (χ0) is 12.3. The van der Waals surface area contributed by atoms with Crippen molar-refractivity contribution in [3.8, 4) is 0 Å². The molecular formula is C13H23N3S. The molecule has 1 aliphatic heterocycles. The van der Waals surface area contributed by atoms with Gasteiger partial charge in [0.05, 0.1) is 6.04 Å². The van der Waals surface area contributed by atoms with Crippen LogP contribution in [0, 0.1) is 0 Å². The van der Waals surface area contributed by atoms with Gasteiger partial charge in [0.15, 0.2) is 0 Å². The van der Waals surface area contributed by atoms with Crippen molar-refractivity contribution < 1.29 is 0 Å². The highest BCUT2D eigenvalue weighted by Crippen LogP contribution is 2.18. The first-order valence-electron chi connectivity index (χ1n) is 6.42. The fourth-order valence-electron chi connectivity index (χ4n) is 2.33. The molecule has 1 fully saturated rings. The Balaban J connectivity index is 1.78. The highest BCUT2D eigenvalue weighted by molar-refractivity contribution is 7.10. The quantitative estimate of drug-likeness (QED) is 0.888. The molecule has 96 valence electrons. The topological polar surface area (TPSA) is 32.5 Å². The third-order valence-corrected chi connectivity index (χ3v) is 4.50. The Morgan fingerprint density at radius 3 is 2.53 bits per heavy atom. The van der Waals surface area contributed by atoms with Crippen LogP contribution in [0.2, 0.25) is 0 Å². The second-order valence-electron chi connectivity index (χ2n) is 5.05. The summed E-state index contributed by atoms with van der Waals surface area (Å²) in [5.41, 5.74) is 6.22. The van der Waals surface area contributed by atoms with E-state index in [1.54, 1.807) is 11.3 Å². The van der Waals surface area contributed by atoms with Gasteiger partial charge >= 0.3 is 0 Å². The Morgan fingerprint density at radius 1 is 1.29 bits per heavy atom. The summed E-state index contributed by atoms with van der Waals surface area (Å²) >= 11 is 1.76. The van der Waals surface area contributed by atoms with Crippen LogP contribution < -0.4 is 5.73 Å². The maximum atomic E-state index is 6.22. The second-order valence-corrected chi connectivity index (χ2v) is 6.03. The minimum absolute atomic E-state index is 0.181. The van der Waals surface area contributed by atoms with Crippen LogP contribution in [0.3, 0.4) is 0 Å². The SMILES string of the molecule is CC(C)N1CCN(CC(N)c2cccs2)CC1. The average Bonchev–Trinajstić information content (AvgIpc) is 2.83. The van der Waals surface area contributed by atoms with Crippen LogP contribution in [0.25, 0.3) is 0 Å². The molecule has 1 saturated heterocycles. The van der Waals surface area contributed by atoms with E-state index in [2.05, 4.69) is 41.2 Å². The lowest BCUT2D eigenvalue weighted by Gasteiger charge is -2.37. The highest BCUT2D eigenvalue weighted by Gasteiger charge is 2.20. The van der Waals surface area contributed by atoms with Crippen molar-refractivity contribution in [2.24, 2.45) is 5.73 Å². The van der Waals surface area contributed by atoms with Crippen molar-refractivity contribution in [2.45, 2.75) is 25.9 Å². The molecular weight excluding hydrogens is 230 g/mol. The van der Waals surface area contributed by atoms with E-state index < -0.39 is 0 Å². The van der Waals surface area contributed by atoms with Crippen LogP contribution in [0.1, 0.15) is 24.8 Å². The van der Waals surface area contributed by atoms with E-state index in [4.69, 9.17) is 5.73 Å². The molecule has 3 nitrogen and oxygen atoms in total. The molecule has 0 aliphatic carbocycles. The number of hydrogen-bond acceptors (Lipinski definition) is 4. The minimum atomic E-state index is 0.181. The Hall–Kier alpha value is -0.420. The zero-order valence-corrected chi connectivity index (χ0v) is 11.6. The fourth-order valence-corrected chi connectivity index (χ4v) is 3.05. The van der Waals surface area contributed by atoms with Crippen molar-refractivity contribution in [3.63, 3.8) is 0 Å². The molecule has 2 rings (SSSR count). The molecule has 2 N–H and O–H groups in total. The predicted molar refractivity (Wildman–Crippen MR) is 74.4 cm³/mol. The smallest absolute Gasteiger partial charge is 0.0519 e. The number of thiophene rings is 1. The van der Waals surface area contributed by atoms with E-state index in [9.17, 15) is 0 Å². The Kier molecular flexibility index (Phi) is 4.56. The molecule has 2 heterocycles. The summed E-state index contributed by atoms with van der Waals surface area (Å²) in [5.74, 6) is 0. The van der Waals surface area contributed by atoms with Crippen molar-refractivity contribution in [1.82, 2.24) is 9.80 Å². The van der Waals surface area contributed by atoms with Crippen molar-refractivity contribution >= 4 is 11.3 Å². The largest absolute Gasteiger partial charge is 0.322 e. The number of rotatable bonds is 4. The first-order valence-corrected chi connectivity index (χ1v) is 7.30. The van der Waals surface area contributed by atoms with E-state index in [1.165, 1.54) is 18.0 Å². The maximum Gasteiger partial charge on any atom is 0.0519 e. The van der Waals surface area contributed by atoms with E-state index in [1.807, 2.05) is 0 Å². The van der Waals surface area contributed by atoms with Gasteiger partial charge in [-0.3, -0.25) is 9.80 Å². The molecule has 0 spiro atoms. The summed E-state index contributed by atoms with van der Waals surface area (Å²) < 4.78 is 0. The normalized spacial score (nSPS) is 20.9. The second kappa shape index (κ2) is 5.96. The molecule has 0 radical (unpaired) electrons. The summed E-state index contributed by atoms with van der Waals surface area (Å²) in [6, 6.07) is 5.07. The standard InChI is InChI=1S/C13H23N3S/c1-11(2)16-7-5-15(6-8-16)10-12(14)13-4-3-9-17-13/h3-4,9,11-12H,5-8,10,14H2,1-2H3. The van der Waals surface area contributed by atoms with Crippen LogP contribution in [0.15, 0.2) is 17.5 Å². The van der Waals surface area contributed by atoms with E-state index >= 15 is 0 Å². The van der Waals surface area contributed by atoms with Crippen LogP contribution in [-0.4, -0.2) is 48.6 Å². The van der Waals surface area contributed by atoms with E-state index in [0.29, 0.717) is 6.04 Å². The third kappa shape index (κ3) is 3.52. The van der Waals surface area contributed by atoms with Crippen molar-refractivity contribution in [2.75, 3.05) is 32.7 Å². The summed E-state index contributed by atoms with van der Waals surface area (Å²) in [6.07, 6.45) is 0. The lowest BCUT2D eigenvalue weighted by molar-refractivity contribution is 0.104. The maximum absolute atomic E-state index is 6.22. The third-order valence-electron chi connectivity index (χ3n) is 3.50. The van der Waals surface area contributed by atoms with Crippen molar-refractivity contribution in [3.05, 3.63) is 22.4 Å². The number of hydrogen-bond donors (Lipinski definition) is 1. The molecule has 0 saturated carbocycles. The van der Waals surface area contributed by atoms with Gasteiger partial charge in [-0.05, 0) is 25.3 Å². The van der Waals surface area contributed by atoms with E-state index in [-0.39, 0.29) is 6.04 Å². The average molecular weight is 253 g/mol. The Labute approximate surface area is 108 Å². The monoisotopic (exact) mass is 253 g/mol. The lowest BCUT2D eigenvalue weighted by atomic mass is 10.2. The number of piperazine rings is 1. The van der Waals surface area contributed by atoms with Gasteiger partial charge in [0, 0.05) is 43.6 Å². The van der Waals surface area contributed by atoms with Crippen LogP contribution >= 0.6 is 11.3 Å². The van der Waals surface area contributed by atoms with Crippen LogP contribution in [0.4, 0.5) is 0 Å². The van der Waals surface area contributed by atoms with Gasteiger partial charge in [-0.2, -0.15) is 0 Å². The molecule has 17 heavy (non-hydrogen) atoms. The van der Waals surface area contributed by atoms with Gasteiger partial charge in [-0.15, -0.1) is 11.3 Å². The van der Waals surface area contributed by atoms with Crippen LogP contribution in [-0.2, 0) is 0 Å².